The van der Waals surface area contributed by atoms with Gasteiger partial charge in [0, 0.05) is 44.4 Å². The van der Waals surface area contributed by atoms with Crippen LogP contribution in [-0.2, 0) is 9.59 Å². The summed E-state index contributed by atoms with van der Waals surface area (Å²) < 4.78 is 5.94. The quantitative estimate of drug-likeness (QED) is 0.394. The van der Waals surface area contributed by atoms with Gasteiger partial charge in [0.1, 0.15) is 18.3 Å². The van der Waals surface area contributed by atoms with E-state index in [2.05, 4.69) is 21.6 Å². The van der Waals surface area contributed by atoms with Gasteiger partial charge in [-0.2, -0.15) is 5.26 Å². The van der Waals surface area contributed by atoms with E-state index in [1.165, 1.54) is 25.9 Å². The summed E-state index contributed by atoms with van der Waals surface area (Å²) in [5.41, 5.74) is 0.977. The molecule has 3 aliphatic rings. The molecule has 0 aromatic heterocycles. The fourth-order valence-electron chi connectivity index (χ4n) is 4.83. The number of hydrogen-bond acceptors (Lipinski definition) is 7. The van der Waals surface area contributed by atoms with Crippen molar-refractivity contribution < 1.29 is 14.3 Å². The first-order chi connectivity index (χ1) is 17.6. The van der Waals surface area contributed by atoms with E-state index < -0.39 is 5.92 Å². The Morgan fingerprint density at radius 3 is 2.83 bits per heavy atom. The number of ether oxygens (including phenoxy) is 1. The van der Waals surface area contributed by atoms with Gasteiger partial charge in [-0.25, -0.2) is 0 Å². The normalized spacial score (nSPS) is 22.9. The summed E-state index contributed by atoms with van der Waals surface area (Å²) in [7, 11) is 0. The maximum atomic E-state index is 13.0. The summed E-state index contributed by atoms with van der Waals surface area (Å²) >= 11 is 1.59. The van der Waals surface area contributed by atoms with Crippen LogP contribution in [0, 0.1) is 23.2 Å². The lowest BCUT2D eigenvalue weighted by atomic mass is 10.1. The molecular formula is C27H39N5O3S. The second-order valence-electron chi connectivity index (χ2n) is 9.95. The third-order valence-electron chi connectivity index (χ3n) is 7.18. The van der Waals surface area contributed by atoms with Crippen molar-refractivity contribution in [1.82, 2.24) is 15.1 Å². The lowest BCUT2D eigenvalue weighted by Crippen LogP contribution is -2.38. The number of thioether (sulfide) groups is 1. The van der Waals surface area contributed by atoms with Crippen molar-refractivity contribution >= 4 is 29.3 Å². The third-order valence-corrected chi connectivity index (χ3v) is 8.71. The molecule has 3 fully saturated rings. The predicted octanol–water partition coefficient (Wildman–Crippen LogP) is 3.31. The summed E-state index contributed by atoms with van der Waals surface area (Å²) in [6.45, 7) is 7.84. The number of nitrogens with zero attached hydrogens (tertiary/aromatic N) is 3. The van der Waals surface area contributed by atoms with Gasteiger partial charge in [-0.1, -0.05) is 6.07 Å². The molecule has 2 heterocycles. The summed E-state index contributed by atoms with van der Waals surface area (Å²) in [6.07, 6.45) is 5.93. The Morgan fingerprint density at radius 1 is 1.31 bits per heavy atom. The Balaban J connectivity index is 1.22. The van der Waals surface area contributed by atoms with Crippen molar-refractivity contribution in [3.05, 3.63) is 24.3 Å². The minimum atomic E-state index is -0.729. The lowest BCUT2D eigenvalue weighted by molar-refractivity contribution is -0.131. The number of benzene rings is 1. The van der Waals surface area contributed by atoms with Crippen LogP contribution in [0.4, 0.5) is 5.69 Å². The Labute approximate surface area is 219 Å². The van der Waals surface area contributed by atoms with E-state index in [1.807, 2.05) is 36.1 Å². The van der Waals surface area contributed by atoms with Crippen LogP contribution in [-0.4, -0.2) is 78.1 Å². The number of carbonyl (C=O) groups is 2. The van der Waals surface area contributed by atoms with Gasteiger partial charge in [-0.3, -0.25) is 14.5 Å². The summed E-state index contributed by atoms with van der Waals surface area (Å²) in [4.78, 5) is 29.7. The van der Waals surface area contributed by atoms with E-state index in [9.17, 15) is 14.9 Å². The monoisotopic (exact) mass is 513 g/mol. The molecule has 3 unspecified atom stereocenters. The molecule has 2 saturated heterocycles. The molecule has 0 bridgehead atoms. The van der Waals surface area contributed by atoms with Crippen molar-refractivity contribution in [2.75, 3.05) is 51.2 Å². The molecule has 196 valence electrons. The van der Waals surface area contributed by atoms with Crippen LogP contribution < -0.4 is 15.4 Å². The maximum absolute atomic E-state index is 13.0. The second kappa shape index (κ2) is 13.2. The zero-order chi connectivity index (χ0) is 25.3. The van der Waals surface area contributed by atoms with Gasteiger partial charge >= 0.3 is 0 Å². The maximum Gasteiger partial charge on any atom is 0.237 e. The van der Waals surface area contributed by atoms with Crippen LogP contribution in [0.25, 0.3) is 0 Å². The van der Waals surface area contributed by atoms with Crippen LogP contribution in [0.1, 0.15) is 45.4 Å². The first kappa shape index (κ1) is 26.6. The fraction of sp³-hybridized carbons (Fsp3) is 0.667. The molecule has 2 aliphatic heterocycles. The molecule has 1 aliphatic carbocycles. The van der Waals surface area contributed by atoms with Gasteiger partial charge in [0.05, 0.1) is 16.7 Å². The molecule has 0 radical (unpaired) electrons. The SMILES string of the molecule is CCN1C(=O)C(CCNc2cccc(OCCN3CCCC3)c2)SC1CC(C#N)C(=O)NCC1CC1. The lowest BCUT2D eigenvalue weighted by Gasteiger charge is -2.23. The van der Waals surface area contributed by atoms with E-state index >= 15 is 0 Å². The smallest absolute Gasteiger partial charge is 0.237 e. The van der Waals surface area contributed by atoms with Crippen LogP contribution in [0.15, 0.2) is 24.3 Å². The predicted molar refractivity (Wildman–Crippen MR) is 143 cm³/mol. The number of nitriles is 1. The highest BCUT2D eigenvalue weighted by atomic mass is 32.2. The van der Waals surface area contributed by atoms with E-state index in [1.54, 1.807) is 11.8 Å². The number of anilines is 1. The van der Waals surface area contributed by atoms with Crippen molar-refractivity contribution in [3.63, 3.8) is 0 Å². The number of nitrogens with one attached hydrogen (secondary N) is 2. The number of amides is 2. The molecule has 4 rings (SSSR count). The highest BCUT2D eigenvalue weighted by Crippen LogP contribution is 2.37. The molecule has 2 N–H and O–H groups in total. The van der Waals surface area contributed by atoms with Crippen LogP contribution in [0.2, 0.25) is 0 Å². The molecule has 1 aromatic rings. The van der Waals surface area contributed by atoms with Crippen molar-refractivity contribution in [1.29, 1.82) is 5.26 Å². The van der Waals surface area contributed by atoms with Crippen molar-refractivity contribution in [3.8, 4) is 11.8 Å². The van der Waals surface area contributed by atoms with Crippen LogP contribution in [0.3, 0.4) is 0 Å². The molecule has 3 atom stereocenters. The van der Waals surface area contributed by atoms with Crippen molar-refractivity contribution in [2.24, 2.45) is 11.8 Å². The summed E-state index contributed by atoms with van der Waals surface area (Å²) in [5, 5.41) is 15.6. The molecule has 1 saturated carbocycles. The molecular weight excluding hydrogens is 474 g/mol. The minimum absolute atomic E-state index is 0.100. The molecule has 9 heteroatoms. The zero-order valence-electron chi connectivity index (χ0n) is 21.3. The first-order valence-electron chi connectivity index (χ1n) is 13.4. The summed E-state index contributed by atoms with van der Waals surface area (Å²) in [5.74, 6) is 0.588. The van der Waals surface area contributed by atoms with Gasteiger partial charge in [0.2, 0.25) is 11.8 Å². The fourth-order valence-corrected chi connectivity index (χ4v) is 6.42. The molecule has 1 aromatic carbocycles. The average molecular weight is 514 g/mol. The van der Waals surface area contributed by atoms with E-state index in [-0.39, 0.29) is 22.4 Å². The van der Waals surface area contributed by atoms with E-state index in [0.717, 1.165) is 30.8 Å². The Morgan fingerprint density at radius 2 is 2.11 bits per heavy atom. The molecule has 36 heavy (non-hydrogen) atoms. The number of rotatable bonds is 14. The molecule has 8 nitrogen and oxygen atoms in total. The standard InChI is InChI=1S/C27H39N5O3S/c1-2-32-25(16-21(18-28)26(33)30-19-20-8-9-20)36-24(27(32)34)10-11-29-22-6-5-7-23(17-22)35-15-14-31-12-3-4-13-31/h5-7,17,20-21,24-25,29H,2-4,8-16,19H2,1H3,(H,30,33). The van der Waals surface area contributed by atoms with Gasteiger partial charge in [0.25, 0.3) is 0 Å². The average Bonchev–Trinajstić information content (AvgIpc) is 3.48. The minimum Gasteiger partial charge on any atom is -0.492 e. The zero-order valence-corrected chi connectivity index (χ0v) is 22.1. The largest absolute Gasteiger partial charge is 0.492 e. The van der Waals surface area contributed by atoms with Crippen molar-refractivity contribution in [2.45, 2.75) is 56.1 Å². The topological polar surface area (TPSA) is 97.7 Å². The number of likely N-dealkylation sites (tertiary alicyclic amines) is 1. The van der Waals surface area contributed by atoms with Gasteiger partial charge in [-0.05, 0) is 70.2 Å². The Kier molecular flexibility index (Phi) is 9.76. The Hall–Kier alpha value is -2.44. The van der Waals surface area contributed by atoms with Crippen LogP contribution in [0.5, 0.6) is 5.75 Å². The Bertz CT molecular complexity index is 928. The van der Waals surface area contributed by atoms with Crippen LogP contribution >= 0.6 is 11.8 Å². The third kappa shape index (κ3) is 7.53. The summed E-state index contributed by atoms with van der Waals surface area (Å²) in [6, 6.07) is 10.1. The van der Waals surface area contributed by atoms with E-state index in [4.69, 9.17) is 4.74 Å². The number of hydrogen-bond donors (Lipinski definition) is 2. The van der Waals surface area contributed by atoms with Gasteiger partial charge in [-0.15, -0.1) is 11.8 Å². The highest BCUT2D eigenvalue weighted by molar-refractivity contribution is 8.01. The first-order valence-corrected chi connectivity index (χ1v) is 14.3. The second-order valence-corrected chi connectivity index (χ2v) is 11.3. The molecule has 0 spiro atoms. The number of carbonyl (C=O) groups excluding carboxylic acids is 2. The van der Waals surface area contributed by atoms with Gasteiger partial charge < -0.3 is 20.3 Å². The van der Waals surface area contributed by atoms with Gasteiger partial charge in [0.15, 0.2) is 0 Å². The highest BCUT2D eigenvalue weighted by Gasteiger charge is 2.41. The molecule has 2 amide bonds. The van der Waals surface area contributed by atoms with E-state index in [0.29, 0.717) is 45.0 Å².